The number of para-hydroxylation sites is 2. The van der Waals surface area contributed by atoms with E-state index < -0.39 is 0 Å². The number of nitrogens with zero attached hydrogens (tertiary/aromatic N) is 4. The van der Waals surface area contributed by atoms with Crippen LogP contribution < -0.4 is 5.32 Å². The number of hydrogen-bond donors (Lipinski definition) is 1. The fourth-order valence-corrected chi connectivity index (χ4v) is 3.07. The summed E-state index contributed by atoms with van der Waals surface area (Å²) in [5, 5.41) is 7.70. The van der Waals surface area contributed by atoms with Crippen molar-refractivity contribution in [2.24, 2.45) is 7.05 Å². The third-order valence-corrected chi connectivity index (χ3v) is 4.59. The summed E-state index contributed by atoms with van der Waals surface area (Å²) < 4.78 is 4.12. The first-order chi connectivity index (χ1) is 12.2. The second kappa shape index (κ2) is 6.43. The van der Waals surface area contributed by atoms with Gasteiger partial charge < -0.3 is 9.88 Å². The van der Waals surface area contributed by atoms with Crippen molar-refractivity contribution < 1.29 is 0 Å². The first-order valence-electron chi connectivity index (χ1n) is 8.43. The molecular weight excluding hydrogens is 310 g/mol. The molecule has 0 spiro atoms. The average molecular weight is 331 g/mol. The molecule has 4 aromatic rings. The fourth-order valence-electron chi connectivity index (χ4n) is 3.07. The van der Waals surface area contributed by atoms with E-state index >= 15 is 0 Å². The van der Waals surface area contributed by atoms with E-state index in [0.717, 1.165) is 29.2 Å². The molecule has 5 heteroatoms. The third-order valence-electron chi connectivity index (χ3n) is 4.59. The summed E-state index contributed by atoms with van der Waals surface area (Å²) in [6.45, 7) is 3.63. The Morgan fingerprint density at radius 3 is 2.60 bits per heavy atom. The number of hydrogen-bond acceptors (Lipinski definition) is 3. The van der Waals surface area contributed by atoms with Crippen LogP contribution in [0.4, 0.5) is 5.95 Å². The summed E-state index contributed by atoms with van der Waals surface area (Å²) in [6.07, 6.45) is 1.81. The predicted molar refractivity (Wildman–Crippen MR) is 101 cm³/mol. The van der Waals surface area contributed by atoms with Crippen molar-refractivity contribution in [3.63, 3.8) is 0 Å². The number of aryl methyl sites for hydroxylation is 2. The number of benzene rings is 2. The molecule has 2 aromatic heterocycles. The van der Waals surface area contributed by atoms with Gasteiger partial charge in [-0.05, 0) is 36.2 Å². The van der Waals surface area contributed by atoms with Gasteiger partial charge in [-0.25, -0.2) is 4.98 Å². The Balaban J connectivity index is 1.70. The van der Waals surface area contributed by atoms with Crippen molar-refractivity contribution >= 4 is 17.0 Å². The maximum atomic E-state index is 4.79. The zero-order chi connectivity index (χ0) is 17.2. The minimum absolute atomic E-state index is 0.688. The van der Waals surface area contributed by atoms with Gasteiger partial charge in [-0.3, -0.25) is 4.68 Å². The molecule has 0 aliphatic rings. The Hall–Kier alpha value is -3.08. The predicted octanol–water partition coefficient (Wildman–Crippen LogP) is 3.74. The molecule has 0 fully saturated rings. The highest BCUT2D eigenvalue weighted by molar-refractivity contribution is 5.78. The van der Waals surface area contributed by atoms with Crippen LogP contribution in [0.5, 0.6) is 0 Å². The Morgan fingerprint density at radius 1 is 1.00 bits per heavy atom. The van der Waals surface area contributed by atoms with Crippen molar-refractivity contribution in [2.45, 2.75) is 20.0 Å². The number of nitrogens with one attached hydrogen (secondary N) is 1. The molecule has 0 saturated carbocycles. The highest BCUT2D eigenvalue weighted by Crippen LogP contribution is 2.22. The van der Waals surface area contributed by atoms with Crippen LogP contribution in [0.2, 0.25) is 0 Å². The largest absolute Gasteiger partial charge is 0.350 e. The molecule has 126 valence electrons. The molecule has 2 heterocycles. The van der Waals surface area contributed by atoms with Crippen LogP contribution in [0.15, 0.2) is 60.8 Å². The second-order valence-electron chi connectivity index (χ2n) is 6.24. The SMILES string of the molecule is Cc1ccccc1Cn1c(NCc2ccnn2C)nc2ccccc21. The molecule has 0 amide bonds. The molecular formula is C20H21N5. The molecule has 4 rings (SSSR count). The van der Waals surface area contributed by atoms with Crippen LogP contribution >= 0.6 is 0 Å². The van der Waals surface area contributed by atoms with Gasteiger partial charge in [0.05, 0.1) is 29.8 Å². The fraction of sp³-hybridized carbons (Fsp3) is 0.200. The molecule has 0 bridgehead atoms. The van der Waals surface area contributed by atoms with Gasteiger partial charge >= 0.3 is 0 Å². The summed E-state index contributed by atoms with van der Waals surface area (Å²) in [5.74, 6) is 0.880. The number of anilines is 1. The van der Waals surface area contributed by atoms with Crippen molar-refractivity contribution in [3.8, 4) is 0 Å². The molecule has 0 unspecified atom stereocenters. The maximum absolute atomic E-state index is 4.79. The number of fused-ring (bicyclic) bond motifs is 1. The quantitative estimate of drug-likeness (QED) is 0.606. The van der Waals surface area contributed by atoms with E-state index in [4.69, 9.17) is 4.98 Å². The second-order valence-corrected chi connectivity index (χ2v) is 6.24. The molecule has 0 atom stereocenters. The number of imidazole rings is 1. The van der Waals surface area contributed by atoms with Gasteiger partial charge in [0.15, 0.2) is 0 Å². The zero-order valence-corrected chi connectivity index (χ0v) is 14.5. The van der Waals surface area contributed by atoms with E-state index in [1.165, 1.54) is 11.1 Å². The Kier molecular flexibility index (Phi) is 3.98. The minimum Gasteiger partial charge on any atom is -0.350 e. The van der Waals surface area contributed by atoms with Crippen molar-refractivity contribution in [3.05, 3.63) is 77.6 Å². The van der Waals surface area contributed by atoms with Crippen LogP contribution in [0.25, 0.3) is 11.0 Å². The van der Waals surface area contributed by atoms with Gasteiger partial charge in [0.2, 0.25) is 5.95 Å². The molecule has 0 radical (unpaired) electrons. The first-order valence-corrected chi connectivity index (χ1v) is 8.43. The third kappa shape index (κ3) is 3.01. The van der Waals surface area contributed by atoms with E-state index in [-0.39, 0.29) is 0 Å². The van der Waals surface area contributed by atoms with E-state index in [0.29, 0.717) is 6.54 Å². The minimum atomic E-state index is 0.688. The molecule has 2 aromatic carbocycles. The lowest BCUT2D eigenvalue weighted by Crippen LogP contribution is -2.11. The highest BCUT2D eigenvalue weighted by atomic mass is 15.3. The number of aromatic nitrogens is 4. The van der Waals surface area contributed by atoms with E-state index in [1.54, 1.807) is 0 Å². The summed E-state index contributed by atoms with van der Waals surface area (Å²) >= 11 is 0. The molecule has 0 aliphatic heterocycles. The normalized spacial score (nSPS) is 11.1. The smallest absolute Gasteiger partial charge is 0.204 e. The summed E-state index contributed by atoms with van der Waals surface area (Å²) in [7, 11) is 1.95. The Labute approximate surface area is 146 Å². The standard InChI is InChI=1S/C20H21N5/c1-15-7-3-4-8-16(15)14-25-19-10-6-5-9-18(19)23-20(25)21-13-17-11-12-22-24(17)2/h3-12H,13-14H2,1-2H3,(H,21,23). The van der Waals surface area contributed by atoms with E-state index in [1.807, 2.05) is 30.1 Å². The first kappa shape index (κ1) is 15.4. The maximum Gasteiger partial charge on any atom is 0.204 e. The lowest BCUT2D eigenvalue weighted by atomic mass is 10.1. The molecule has 25 heavy (non-hydrogen) atoms. The molecule has 5 nitrogen and oxygen atoms in total. The van der Waals surface area contributed by atoms with Crippen molar-refractivity contribution in [2.75, 3.05) is 5.32 Å². The van der Waals surface area contributed by atoms with Gasteiger partial charge in [0.25, 0.3) is 0 Å². The lowest BCUT2D eigenvalue weighted by Gasteiger charge is -2.12. The van der Waals surface area contributed by atoms with Crippen LogP contribution in [0.1, 0.15) is 16.8 Å². The average Bonchev–Trinajstić information content (AvgIpc) is 3.19. The molecule has 0 saturated heterocycles. The van der Waals surface area contributed by atoms with E-state index in [9.17, 15) is 0 Å². The van der Waals surface area contributed by atoms with Gasteiger partial charge in [-0.15, -0.1) is 0 Å². The Morgan fingerprint density at radius 2 is 1.80 bits per heavy atom. The van der Waals surface area contributed by atoms with Gasteiger partial charge in [-0.2, -0.15) is 5.10 Å². The highest BCUT2D eigenvalue weighted by Gasteiger charge is 2.12. The monoisotopic (exact) mass is 331 g/mol. The zero-order valence-electron chi connectivity index (χ0n) is 14.5. The summed E-state index contributed by atoms with van der Waals surface area (Å²) in [5.41, 5.74) is 5.85. The van der Waals surface area contributed by atoms with Gasteiger partial charge in [0, 0.05) is 13.2 Å². The molecule has 0 aliphatic carbocycles. The van der Waals surface area contributed by atoms with E-state index in [2.05, 4.69) is 64.4 Å². The van der Waals surface area contributed by atoms with Crippen molar-refractivity contribution in [1.82, 2.24) is 19.3 Å². The van der Waals surface area contributed by atoms with Crippen LogP contribution in [0, 0.1) is 6.92 Å². The Bertz CT molecular complexity index is 1010. The van der Waals surface area contributed by atoms with Crippen LogP contribution in [-0.2, 0) is 20.1 Å². The summed E-state index contributed by atoms with van der Waals surface area (Å²) in [6, 6.07) is 18.8. The number of rotatable bonds is 5. The topological polar surface area (TPSA) is 47.7 Å². The van der Waals surface area contributed by atoms with Crippen LogP contribution in [-0.4, -0.2) is 19.3 Å². The van der Waals surface area contributed by atoms with Crippen LogP contribution in [0.3, 0.4) is 0 Å². The molecule has 1 N–H and O–H groups in total. The van der Waals surface area contributed by atoms with Crippen molar-refractivity contribution in [1.29, 1.82) is 0 Å². The lowest BCUT2D eigenvalue weighted by molar-refractivity contribution is 0.715. The van der Waals surface area contributed by atoms with Gasteiger partial charge in [-0.1, -0.05) is 36.4 Å². The van der Waals surface area contributed by atoms with Gasteiger partial charge in [0.1, 0.15) is 0 Å². The summed E-state index contributed by atoms with van der Waals surface area (Å²) in [4.78, 5) is 4.79.